The topological polar surface area (TPSA) is 70.6 Å². The average Bonchev–Trinajstić information content (AvgIpc) is 2.55. The van der Waals surface area contributed by atoms with Gasteiger partial charge in [0.25, 0.3) is 0 Å². The van der Waals surface area contributed by atoms with Gasteiger partial charge in [-0.05, 0) is 69.2 Å². The fourth-order valence-electron chi connectivity index (χ4n) is 2.70. The normalized spacial score (nSPS) is 11.7. The summed E-state index contributed by atoms with van der Waals surface area (Å²) >= 11 is 0. The Bertz CT molecular complexity index is 723. The van der Waals surface area contributed by atoms with Crippen LogP contribution >= 0.6 is 0 Å². The summed E-state index contributed by atoms with van der Waals surface area (Å²) in [7, 11) is 0. The molecule has 0 saturated carbocycles. The number of anilines is 2. The maximum absolute atomic E-state index is 12.4. The van der Waals surface area contributed by atoms with E-state index in [1.807, 2.05) is 39.0 Å². The Balaban J connectivity index is 2.05. The van der Waals surface area contributed by atoms with Crippen molar-refractivity contribution in [2.45, 2.75) is 40.3 Å². The van der Waals surface area contributed by atoms with Crippen LogP contribution in [0.15, 0.2) is 36.4 Å². The Hall–Kier alpha value is -2.53. The minimum atomic E-state index is -0.426. The molecule has 1 atom stereocenters. The second kappa shape index (κ2) is 8.53. The van der Waals surface area contributed by atoms with Crippen molar-refractivity contribution in [2.75, 3.05) is 17.2 Å². The quantitative estimate of drug-likeness (QED) is 0.718. The van der Waals surface area contributed by atoms with Gasteiger partial charge in [-0.15, -0.1) is 0 Å². The first kappa shape index (κ1) is 18.8. The van der Waals surface area contributed by atoms with E-state index in [1.54, 1.807) is 19.1 Å². The summed E-state index contributed by atoms with van der Waals surface area (Å²) in [5, 5.41) is 15.6. The van der Waals surface area contributed by atoms with Gasteiger partial charge in [-0.3, -0.25) is 4.79 Å². The molecule has 0 bridgehead atoms. The summed E-state index contributed by atoms with van der Waals surface area (Å²) in [5.74, 6) is 0.535. The van der Waals surface area contributed by atoms with Crippen molar-refractivity contribution in [1.29, 1.82) is 0 Å². The van der Waals surface area contributed by atoms with E-state index in [2.05, 4.69) is 16.7 Å². The number of carbonyl (C=O) groups is 1. The first-order valence-electron chi connectivity index (χ1n) is 8.45. The Labute approximate surface area is 149 Å². The Kier molecular flexibility index (Phi) is 6.42. The molecule has 0 radical (unpaired) electrons. The molecule has 5 heteroatoms. The van der Waals surface area contributed by atoms with E-state index in [1.165, 1.54) is 0 Å². The molecule has 2 rings (SSSR count). The summed E-state index contributed by atoms with van der Waals surface area (Å²) in [6, 6.07) is 11.0. The number of nitrogens with one attached hydrogen (secondary N) is 2. The molecular weight excluding hydrogens is 316 g/mol. The lowest BCUT2D eigenvalue weighted by atomic mass is 10.1. The molecule has 2 aromatic carbocycles. The molecule has 5 nitrogen and oxygen atoms in total. The number of ether oxygens (including phenoxy) is 1. The monoisotopic (exact) mass is 342 g/mol. The van der Waals surface area contributed by atoms with Gasteiger partial charge in [-0.25, -0.2) is 0 Å². The number of carbonyl (C=O) groups excluding carboxylic acids is 1. The molecule has 0 spiro atoms. The zero-order valence-electron chi connectivity index (χ0n) is 15.2. The molecule has 0 aliphatic heterocycles. The van der Waals surface area contributed by atoms with Crippen molar-refractivity contribution in [1.82, 2.24) is 0 Å². The Morgan fingerprint density at radius 2 is 1.80 bits per heavy atom. The summed E-state index contributed by atoms with van der Waals surface area (Å²) < 4.78 is 5.47. The number of hydrogen-bond acceptors (Lipinski definition) is 4. The van der Waals surface area contributed by atoms with E-state index in [4.69, 9.17) is 4.74 Å². The van der Waals surface area contributed by atoms with E-state index in [9.17, 15) is 9.90 Å². The lowest BCUT2D eigenvalue weighted by Crippen LogP contribution is -2.31. The SMILES string of the molecule is CCOc1ccc(NC(C)C(=O)Nc2cc(C)cc(C)c2)cc1CO. The highest BCUT2D eigenvalue weighted by Gasteiger charge is 2.14. The fourth-order valence-corrected chi connectivity index (χ4v) is 2.70. The highest BCUT2D eigenvalue weighted by atomic mass is 16.5. The summed E-state index contributed by atoms with van der Waals surface area (Å²) in [6.45, 7) is 8.11. The van der Waals surface area contributed by atoms with E-state index in [0.717, 1.165) is 22.5 Å². The molecule has 134 valence electrons. The van der Waals surface area contributed by atoms with Crippen LogP contribution in [0.1, 0.15) is 30.5 Å². The highest BCUT2D eigenvalue weighted by molar-refractivity contribution is 5.96. The van der Waals surface area contributed by atoms with Gasteiger partial charge in [0.05, 0.1) is 13.2 Å². The van der Waals surface area contributed by atoms with Gasteiger partial charge in [0, 0.05) is 16.9 Å². The van der Waals surface area contributed by atoms with Gasteiger partial charge < -0.3 is 20.5 Å². The van der Waals surface area contributed by atoms with Gasteiger partial charge in [0.15, 0.2) is 0 Å². The summed E-state index contributed by atoms with van der Waals surface area (Å²) in [6.07, 6.45) is 0. The number of rotatable bonds is 7. The van der Waals surface area contributed by atoms with Gasteiger partial charge in [0.1, 0.15) is 11.8 Å². The number of aliphatic hydroxyl groups excluding tert-OH is 1. The smallest absolute Gasteiger partial charge is 0.246 e. The predicted molar refractivity (Wildman–Crippen MR) is 101 cm³/mol. The molecule has 1 amide bonds. The van der Waals surface area contributed by atoms with E-state index >= 15 is 0 Å². The van der Waals surface area contributed by atoms with E-state index in [-0.39, 0.29) is 12.5 Å². The maximum Gasteiger partial charge on any atom is 0.246 e. The third-order valence-corrected chi connectivity index (χ3v) is 3.80. The second-order valence-electron chi connectivity index (χ2n) is 6.15. The van der Waals surface area contributed by atoms with Crippen LogP contribution in [0.3, 0.4) is 0 Å². The molecule has 0 fully saturated rings. The van der Waals surface area contributed by atoms with Gasteiger partial charge >= 0.3 is 0 Å². The Morgan fingerprint density at radius 3 is 2.40 bits per heavy atom. The standard InChI is InChI=1S/C20H26N2O3/c1-5-25-19-7-6-17(11-16(19)12-23)21-15(4)20(24)22-18-9-13(2)8-14(3)10-18/h6-11,15,21,23H,5,12H2,1-4H3,(H,22,24). The number of benzene rings is 2. The molecule has 0 aliphatic rings. The first-order chi connectivity index (χ1) is 11.9. The van der Waals surface area contributed by atoms with Crippen molar-refractivity contribution in [2.24, 2.45) is 0 Å². The van der Waals surface area contributed by atoms with Crippen molar-refractivity contribution in [3.8, 4) is 5.75 Å². The molecule has 0 aliphatic carbocycles. The van der Waals surface area contributed by atoms with Gasteiger partial charge in [-0.2, -0.15) is 0 Å². The van der Waals surface area contributed by atoms with Crippen LogP contribution in [0.2, 0.25) is 0 Å². The van der Waals surface area contributed by atoms with Gasteiger partial charge in [0.2, 0.25) is 5.91 Å². The van der Waals surface area contributed by atoms with E-state index in [0.29, 0.717) is 17.9 Å². The van der Waals surface area contributed by atoms with E-state index < -0.39 is 6.04 Å². The minimum absolute atomic E-state index is 0.117. The molecule has 0 aromatic heterocycles. The molecule has 1 unspecified atom stereocenters. The lowest BCUT2D eigenvalue weighted by Gasteiger charge is -2.17. The third-order valence-electron chi connectivity index (χ3n) is 3.80. The van der Waals surface area contributed by atoms with Crippen LogP contribution in [-0.2, 0) is 11.4 Å². The van der Waals surface area contributed by atoms with Gasteiger partial charge in [-0.1, -0.05) is 6.07 Å². The van der Waals surface area contributed by atoms with Crippen molar-refractivity contribution >= 4 is 17.3 Å². The van der Waals surface area contributed by atoms with Crippen molar-refractivity contribution in [3.63, 3.8) is 0 Å². The molecule has 0 heterocycles. The average molecular weight is 342 g/mol. The molecule has 25 heavy (non-hydrogen) atoms. The van der Waals surface area contributed by atoms with Crippen LogP contribution in [0.5, 0.6) is 5.75 Å². The second-order valence-corrected chi connectivity index (χ2v) is 6.15. The van der Waals surface area contributed by atoms with Crippen LogP contribution in [0.4, 0.5) is 11.4 Å². The number of amides is 1. The Morgan fingerprint density at radius 1 is 1.12 bits per heavy atom. The molecule has 3 N–H and O–H groups in total. The largest absolute Gasteiger partial charge is 0.494 e. The lowest BCUT2D eigenvalue weighted by molar-refractivity contribution is -0.116. The number of aryl methyl sites for hydroxylation is 2. The highest BCUT2D eigenvalue weighted by Crippen LogP contribution is 2.23. The van der Waals surface area contributed by atoms with Crippen LogP contribution in [0, 0.1) is 13.8 Å². The van der Waals surface area contributed by atoms with Crippen LogP contribution < -0.4 is 15.4 Å². The summed E-state index contributed by atoms with van der Waals surface area (Å²) in [4.78, 5) is 12.4. The van der Waals surface area contributed by atoms with Crippen LogP contribution in [0.25, 0.3) is 0 Å². The van der Waals surface area contributed by atoms with Crippen molar-refractivity contribution < 1.29 is 14.6 Å². The first-order valence-corrected chi connectivity index (χ1v) is 8.45. The van der Waals surface area contributed by atoms with Crippen molar-refractivity contribution in [3.05, 3.63) is 53.1 Å². The third kappa shape index (κ3) is 5.22. The fraction of sp³-hybridized carbons (Fsp3) is 0.350. The molecule has 0 saturated heterocycles. The van der Waals surface area contributed by atoms with Crippen LogP contribution in [-0.4, -0.2) is 23.7 Å². The maximum atomic E-state index is 12.4. The molecular formula is C20H26N2O3. The predicted octanol–water partition coefficient (Wildman–Crippen LogP) is 3.63. The molecule has 2 aromatic rings. The zero-order chi connectivity index (χ0) is 18.4. The zero-order valence-corrected chi connectivity index (χ0v) is 15.2. The number of hydrogen-bond donors (Lipinski definition) is 3. The summed E-state index contributed by atoms with van der Waals surface area (Å²) in [5.41, 5.74) is 4.45. The minimum Gasteiger partial charge on any atom is -0.494 e. The number of aliphatic hydroxyl groups is 1.